The summed E-state index contributed by atoms with van der Waals surface area (Å²) in [5.74, 6) is 1.01. The van der Waals surface area contributed by atoms with Gasteiger partial charge in [-0.15, -0.1) is 0 Å². The third-order valence-electron chi connectivity index (χ3n) is 5.44. The van der Waals surface area contributed by atoms with Crippen LogP contribution in [0.3, 0.4) is 0 Å². The van der Waals surface area contributed by atoms with Crippen LogP contribution in [0.15, 0.2) is 4.99 Å². The first-order valence-corrected chi connectivity index (χ1v) is 8.66. The molecule has 2 fully saturated rings. The lowest BCUT2D eigenvalue weighted by atomic mass is 9.84. The van der Waals surface area contributed by atoms with Gasteiger partial charge in [-0.3, -0.25) is 9.89 Å². The van der Waals surface area contributed by atoms with Crippen LogP contribution in [-0.2, 0) is 0 Å². The first kappa shape index (κ1) is 15.1. The molecule has 5 heteroatoms. The molecule has 0 bridgehead atoms. The van der Waals surface area contributed by atoms with E-state index in [1.807, 2.05) is 0 Å². The molecular formula is C16H31N5. The molecule has 1 unspecified atom stereocenters. The molecule has 2 saturated heterocycles. The Balaban J connectivity index is 1.64. The van der Waals surface area contributed by atoms with Crippen molar-refractivity contribution >= 4 is 5.96 Å². The fraction of sp³-hybridized carbons (Fsp3) is 0.938. The molecular weight excluding hydrogens is 262 g/mol. The fourth-order valence-corrected chi connectivity index (χ4v) is 3.92. The maximum Gasteiger partial charge on any atom is 0.191 e. The number of nitrogens with one attached hydrogen (secondary N) is 2. The standard InChI is InChI=1S/C16H31N5/c1-14-12-17-15(19-14)18-13-16(6-10-20(2)11-7-16)21-8-4-3-5-9-21/h14H,3-13H2,1-2H3,(H2,17,18,19). The lowest BCUT2D eigenvalue weighted by Gasteiger charge is -2.50. The van der Waals surface area contributed by atoms with Crippen molar-refractivity contribution in [3.63, 3.8) is 0 Å². The third kappa shape index (κ3) is 3.51. The van der Waals surface area contributed by atoms with E-state index < -0.39 is 0 Å². The van der Waals surface area contributed by atoms with Crippen LogP contribution in [0, 0.1) is 0 Å². The van der Waals surface area contributed by atoms with Crippen LogP contribution in [-0.4, -0.2) is 73.7 Å². The molecule has 3 rings (SSSR count). The van der Waals surface area contributed by atoms with Gasteiger partial charge in [0.05, 0.1) is 6.54 Å². The number of nitrogens with zero attached hydrogens (tertiary/aromatic N) is 3. The molecule has 0 spiro atoms. The Hall–Kier alpha value is -0.810. The first-order chi connectivity index (χ1) is 10.2. The minimum absolute atomic E-state index is 0.336. The van der Waals surface area contributed by atoms with Gasteiger partial charge < -0.3 is 15.5 Å². The minimum atomic E-state index is 0.336. The Morgan fingerprint density at radius 3 is 2.52 bits per heavy atom. The predicted molar refractivity (Wildman–Crippen MR) is 87.8 cm³/mol. The van der Waals surface area contributed by atoms with Crippen LogP contribution in [0.2, 0.25) is 0 Å². The van der Waals surface area contributed by atoms with Crippen LogP contribution in [0.5, 0.6) is 0 Å². The zero-order chi connectivity index (χ0) is 14.7. The van der Waals surface area contributed by atoms with E-state index in [2.05, 4.69) is 39.4 Å². The van der Waals surface area contributed by atoms with Gasteiger partial charge in [0.15, 0.2) is 5.96 Å². The monoisotopic (exact) mass is 293 g/mol. The fourth-order valence-electron chi connectivity index (χ4n) is 3.92. The van der Waals surface area contributed by atoms with Crippen molar-refractivity contribution in [1.29, 1.82) is 0 Å². The van der Waals surface area contributed by atoms with E-state index >= 15 is 0 Å². The van der Waals surface area contributed by atoms with E-state index in [1.165, 1.54) is 58.3 Å². The van der Waals surface area contributed by atoms with Gasteiger partial charge in [-0.25, -0.2) is 0 Å². The molecule has 0 aromatic carbocycles. The van der Waals surface area contributed by atoms with E-state index in [9.17, 15) is 0 Å². The normalized spacial score (nSPS) is 30.8. The molecule has 0 radical (unpaired) electrons. The summed E-state index contributed by atoms with van der Waals surface area (Å²) in [6.07, 6.45) is 6.70. The third-order valence-corrected chi connectivity index (χ3v) is 5.44. The average molecular weight is 293 g/mol. The maximum absolute atomic E-state index is 4.56. The Morgan fingerprint density at radius 1 is 1.19 bits per heavy atom. The predicted octanol–water partition coefficient (Wildman–Crippen LogP) is 0.874. The molecule has 0 aromatic heterocycles. The number of rotatable bonds is 3. The van der Waals surface area contributed by atoms with Crippen molar-refractivity contribution in [3.05, 3.63) is 0 Å². The molecule has 5 nitrogen and oxygen atoms in total. The highest BCUT2D eigenvalue weighted by atomic mass is 15.3. The van der Waals surface area contributed by atoms with E-state index in [-0.39, 0.29) is 0 Å². The van der Waals surface area contributed by atoms with Gasteiger partial charge in [0.2, 0.25) is 0 Å². The summed E-state index contributed by atoms with van der Waals surface area (Å²) in [6.45, 7) is 9.13. The molecule has 2 N–H and O–H groups in total. The van der Waals surface area contributed by atoms with Crippen molar-refractivity contribution in [2.75, 3.05) is 46.3 Å². The van der Waals surface area contributed by atoms with E-state index in [1.54, 1.807) is 0 Å². The summed E-state index contributed by atoms with van der Waals surface area (Å²) in [7, 11) is 2.25. The second-order valence-corrected chi connectivity index (χ2v) is 7.16. The number of piperidine rings is 2. The quantitative estimate of drug-likeness (QED) is 0.810. The maximum atomic E-state index is 4.56. The molecule has 0 aromatic rings. The first-order valence-electron chi connectivity index (χ1n) is 8.66. The van der Waals surface area contributed by atoms with Crippen LogP contribution in [0.1, 0.15) is 39.0 Å². The molecule has 21 heavy (non-hydrogen) atoms. The lowest BCUT2D eigenvalue weighted by molar-refractivity contribution is 0.0173. The summed E-state index contributed by atoms with van der Waals surface area (Å²) >= 11 is 0. The molecule has 0 saturated carbocycles. The van der Waals surface area contributed by atoms with Gasteiger partial charge in [-0.1, -0.05) is 6.42 Å². The van der Waals surface area contributed by atoms with Crippen molar-refractivity contribution < 1.29 is 0 Å². The summed E-state index contributed by atoms with van der Waals surface area (Å²) in [5.41, 5.74) is 0.336. The highest BCUT2D eigenvalue weighted by Gasteiger charge is 2.39. The van der Waals surface area contributed by atoms with Crippen LogP contribution in [0.4, 0.5) is 0 Å². The molecule has 3 heterocycles. The number of hydrogen-bond donors (Lipinski definition) is 2. The lowest BCUT2D eigenvalue weighted by Crippen LogP contribution is -2.62. The van der Waals surface area contributed by atoms with Crippen LogP contribution < -0.4 is 10.6 Å². The summed E-state index contributed by atoms with van der Waals surface area (Å²) in [5, 5.41) is 7.05. The van der Waals surface area contributed by atoms with Gasteiger partial charge in [0.25, 0.3) is 0 Å². The highest BCUT2D eigenvalue weighted by Crippen LogP contribution is 2.30. The second-order valence-electron chi connectivity index (χ2n) is 7.16. The molecule has 120 valence electrons. The summed E-state index contributed by atoms with van der Waals surface area (Å²) in [6, 6.07) is 0.482. The van der Waals surface area contributed by atoms with Gasteiger partial charge in [0.1, 0.15) is 0 Å². The van der Waals surface area contributed by atoms with E-state index in [0.29, 0.717) is 11.6 Å². The molecule has 0 amide bonds. The highest BCUT2D eigenvalue weighted by molar-refractivity contribution is 5.81. The Morgan fingerprint density at radius 2 is 1.90 bits per heavy atom. The number of aliphatic imine (C=N–C) groups is 1. The summed E-state index contributed by atoms with van der Waals surface area (Å²) < 4.78 is 0. The molecule has 0 aliphatic carbocycles. The van der Waals surface area contributed by atoms with Crippen molar-refractivity contribution in [2.24, 2.45) is 4.99 Å². The Labute approximate surface area is 129 Å². The number of hydrogen-bond acceptors (Lipinski definition) is 5. The van der Waals surface area contributed by atoms with Gasteiger partial charge >= 0.3 is 0 Å². The zero-order valence-electron chi connectivity index (χ0n) is 13.7. The zero-order valence-corrected chi connectivity index (χ0v) is 13.7. The average Bonchev–Trinajstić information content (AvgIpc) is 2.94. The number of likely N-dealkylation sites (tertiary alicyclic amines) is 2. The minimum Gasteiger partial charge on any atom is -0.355 e. The van der Waals surface area contributed by atoms with Crippen LogP contribution in [0.25, 0.3) is 0 Å². The van der Waals surface area contributed by atoms with E-state index in [4.69, 9.17) is 0 Å². The topological polar surface area (TPSA) is 42.9 Å². The number of guanidine groups is 1. The van der Waals surface area contributed by atoms with Gasteiger partial charge in [-0.05, 0) is 65.8 Å². The second kappa shape index (κ2) is 6.53. The van der Waals surface area contributed by atoms with Crippen LogP contribution >= 0.6 is 0 Å². The molecule has 1 atom stereocenters. The van der Waals surface area contributed by atoms with Crippen molar-refractivity contribution in [1.82, 2.24) is 20.4 Å². The van der Waals surface area contributed by atoms with E-state index in [0.717, 1.165) is 19.0 Å². The SMILES string of the molecule is CC1CN=C(NCC2(N3CCCCC3)CCN(C)CC2)N1. The van der Waals surface area contributed by atoms with Gasteiger partial charge in [-0.2, -0.15) is 0 Å². The molecule has 3 aliphatic rings. The van der Waals surface area contributed by atoms with Crippen molar-refractivity contribution in [2.45, 2.75) is 50.6 Å². The van der Waals surface area contributed by atoms with Crippen molar-refractivity contribution in [3.8, 4) is 0 Å². The van der Waals surface area contributed by atoms with Gasteiger partial charge in [0, 0.05) is 18.1 Å². The largest absolute Gasteiger partial charge is 0.355 e. The smallest absolute Gasteiger partial charge is 0.191 e. The molecule has 3 aliphatic heterocycles. The Kier molecular flexibility index (Phi) is 4.69. The summed E-state index contributed by atoms with van der Waals surface area (Å²) in [4.78, 5) is 9.80. The Bertz CT molecular complexity index is 367.